The number of rotatable bonds is 0. The summed E-state index contributed by atoms with van der Waals surface area (Å²) >= 11 is 0. The van der Waals surface area contributed by atoms with E-state index in [-0.39, 0.29) is 7.43 Å². The summed E-state index contributed by atoms with van der Waals surface area (Å²) < 4.78 is 0. The molecule has 0 radical (unpaired) electrons. The van der Waals surface area contributed by atoms with Gasteiger partial charge in [0.2, 0.25) is 0 Å². The van der Waals surface area contributed by atoms with Crippen LogP contribution in [-0.2, 0) is 0 Å². The third-order valence-corrected chi connectivity index (χ3v) is 1.25. The van der Waals surface area contributed by atoms with Crippen LogP contribution in [0, 0.1) is 0 Å². The van der Waals surface area contributed by atoms with Gasteiger partial charge in [0.1, 0.15) is 0 Å². The van der Waals surface area contributed by atoms with Crippen LogP contribution in [0.2, 0.25) is 0 Å². The van der Waals surface area contributed by atoms with Gasteiger partial charge in [0, 0.05) is 0 Å². The molecule has 0 aliphatic heterocycles. The molecule has 0 N–H and O–H groups in total. The Morgan fingerprint density at radius 1 is 0.909 bits per heavy atom. The van der Waals surface area contributed by atoms with Gasteiger partial charge in [0.05, 0.1) is 0 Å². The van der Waals surface area contributed by atoms with Crippen LogP contribution in [0.4, 0.5) is 0 Å². The molecule has 1 aliphatic carbocycles. The first kappa shape index (κ1) is 16.8. The molecule has 0 heterocycles. The molecule has 11 heavy (non-hydrogen) atoms. The SMILES string of the molecule is C.C1CCCC1.C=C.C=CC. The van der Waals surface area contributed by atoms with E-state index in [1.165, 1.54) is 32.1 Å². The normalized spacial score (nSPS) is 12.5. The van der Waals surface area contributed by atoms with E-state index in [2.05, 4.69) is 19.7 Å². The Hall–Kier alpha value is -0.520. The van der Waals surface area contributed by atoms with Gasteiger partial charge in [-0.05, 0) is 6.92 Å². The molecule has 0 amide bonds. The van der Waals surface area contributed by atoms with Crippen LogP contribution in [0.5, 0.6) is 0 Å². The highest BCUT2D eigenvalue weighted by Crippen LogP contribution is 2.15. The van der Waals surface area contributed by atoms with Crippen molar-refractivity contribution in [2.24, 2.45) is 0 Å². The van der Waals surface area contributed by atoms with E-state index in [1.807, 2.05) is 6.92 Å². The lowest BCUT2D eigenvalue weighted by Crippen LogP contribution is -1.47. The van der Waals surface area contributed by atoms with Crippen molar-refractivity contribution in [2.75, 3.05) is 0 Å². The monoisotopic (exact) mass is 156 g/mol. The van der Waals surface area contributed by atoms with Gasteiger partial charge in [-0.15, -0.1) is 19.7 Å². The molecule has 1 rings (SSSR count). The van der Waals surface area contributed by atoms with Crippen LogP contribution >= 0.6 is 0 Å². The van der Waals surface area contributed by atoms with Gasteiger partial charge in [-0.25, -0.2) is 0 Å². The lowest BCUT2D eigenvalue weighted by atomic mass is 10.4. The van der Waals surface area contributed by atoms with Gasteiger partial charge in [-0.3, -0.25) is 0 Å². The molecule has 0 aromatic rings. The van der Waals surface area contributed by atoms with E-state index in [0.29, 0.717) is 0 Å². The van der Waals surface area contributed by atoms with Crippen molar-refractivity contribution in [3.8, 4) is 0 Å². The van der Waals surface area contributed by atoms with Crippen molar-refractivity contribution >= 4 is 0 Å². The molecule has 0 saturated heterocycles. The van der Waals surface area contributed by atoms with Gasteiger partial charge >= 0.3 is 0 Å². The average molecular weight is 156 g/mol. The largest absolute Gasteiger partial charge is 0.106 e. The Labute approximate surface area is 73.0 Å². The Balaban J connectivity index is -0.0000000956. The third-order valence-electron chi connectivity index (χ3n) is 1.25. The van der Waals surface area contributed by atoms with Crippen LogP contribution in [0.15, 0.2) is 25.8 Å². The first-order valence-corrected chi connectivity index (χ1v) is 3.99. The highest BCUT2D eigenvalue weighted by Gasteiger charge is 1.95. The fourth-order valence-electron chi connectivity index (χ4n) is 0.884. The highest BCUT2D eigenvalue weighted by atomic mass is 14.0. The first-order valence-electron chi connectivity index (χ1n) is 3.99. The molecule has 0 spiro atoms. The zero-order valence-electron chi connectivity index (χ0n) is 7.23. The van der Waals surface area contributed by atoms with Crippen LogP contribution in [0.25, 0.3) is 0 Å². The van der Waals surface area contributed by atoms with E-state index < -0.39 is 0 Å². The highest BCUT2D eigenvalue weighted by molar-refractivity contribution is 4.51. The summed E-state index contributed by atoms with van der Waals surface area (Å²) in [6.45, 7) is 11.2. The van der Waals surface area contributed by atoms with Crippen molar-refractivity contribution in [3.05, 3.63) is 25.8 Å². The maximum absolute atomic E-state index is 3.36. The molecule has 1 aliphatic rings. The summed E-state index contributed by atoms with van der Waals surface area (Å²) in [6.07, 6.45) is 9.25. The summed E-state index contributed by atoms with van der Waals surface area (Å²) in [5.41, 5.74) is 0. The molecule has 0 bridgehead atoms. The maximum Gasteiger partial charge on any atom is -0.0473 e. The molecule has 68 valence electrons. The van der Waals surface area contributed by atoms with Crippen molar-refractivity contribution in [1.29, 1.82) is 0 Å². The molecule has 0 aromatic heterocycles. The van der Waals surface area contributed by atoms with Gasteiger partial charge in [-0.1, -0.05) is 45.6 Å². The minimum absolute atomic E-state index is 0. The minimum atomic E-state index is 0. The average Bonchev–Trinajstić information content (AvgIpc) is 2.48. The molecular formula is C11H24. The fourth-order valence-corrected chi connectivity index (χ4v) is 0.884. The molecule has 1 saturated carbocycles. The zero-order valence-corrected chi connectivity index (χ0v) is 7.23. The van der Waals surface area contributed by atoms with Gasteiger partial charge in [-0.2, -0.15) is 0 Å². The Morgan fingerprint density at radius 3 is 1.09 bits per heavy atom. The topological polar surface area (TPSA) is 0 Å². The van der Waals surface area contributed by atoms with E-state index >= 15 is 0 Å². The smallest absolute Gasteiger partial charge is 0.0473 e. The van der Waals surface area contributed by atoms with Gasteiger partial charge in [0.25, 0.3) is 0 Å². The van der Waals surface area contributed by atoms with E-state index in [4.69, 9.17) is 0 Å². The van der Waals surface area contributed by atoms with Crippen molar-refractivity contribution in [2.45, 2.75) is 46.5 Å². The lowest BCUT2D eigenvalue weighted by Gasteiger charge is -1.67. The molecule has 0 aromatic carbocycles. The summed E-state index contributed by atoms with van der Waals surface area (Å²) in [7, 11) is 0. The summed E-state index contributed by atoms with van der Waals surface area (Å²) in [5, 5.41) is 0. The van der Waals surface area contributed by atoms with Crippen molar-refractivity contribution in [3.63, 3.8) is 0 Å². The Bertz CT molecular complexity index is 43.4. The number of allylic oxidation sites excluding steroid dienone is 1. The molecule has 0 nitrogen and oxygen atoms in total. The standard InChI is InChI=1S/C5H10.C3H6.C2H4.CH4/c1-2-4-5-3-1;1-3-2;1-2;/h1-5H2;3H,1H2,2H3;1-2H2;1H4. The second-order valence-electron chi connectivity index (χ2n) is 2.18. The molecule has 0 unspecified atom stereocenters. The lowest BCUT2D eigenvalue weighted by molar-refractivity contribution is 0.886. The van der Waals surface area contributed by atoms with Crippen molar-refractivity contribution in [1.82, 2.24) is 0 Å². The summed E-state index contributed by atoms with van der Waals surface area (Å²) in [5.74, 6) is 0. The summed E-state index contributed by atoms with van der Waals surface area (Å²) in [4.78, 5) is 0. The third kappa shape index (κ3) is 26.4. The quantitative estimate of drug-likeness (QED) is 0.450. The zero-order chi connectivity index (χ0) is 8.24. The predicted molar refractivity (Wildman–Crippen MR) is 56.9 cm³/mol. The fraction of sp³-hybridized carbons (Fsp3) is 0.636. The first-order chi connectivity index (χ1) is 4.91. The van der Waals surface area contributed by atoms with Crippen molar-refractivity contribution < 1.29 is 0 Å². The van der Waals surface area contributed by atoms with E-state index in [9.17, 15) is 0 Å². The van der Waals surface area contributed by atoms with Crippen LogP contribution in [0.1, 0.15) is 46.5 Å². The second-order valence-corrected chi connectivity index (χ2v) is 2.18. The van der Waals surface area contributed by atoms with Crippen LogP contribution in [0.3, 0.4) is 0 Å². The predicted octanol–water partition coefficient (Wildman–Crippen LogP) is 4.58. The maximum atomic E-state index is 3.36. The van der Waals surface area contributed by atoms with Crippen LogP contribution in [-0.4, -0.2) is 0 Å². The molecule has 1 fully saturated rings. The minimum Gasteiger partial charge on any atom is -0.106 e. The van der Waals surface area contributed by atoms with Crippen LogP contribution < -0.4 is 0 Å². The molecule has 0 atom stereocenters. The Morgan fingerprint density at radius 2 is 1.00 bits per heavy atom. The second kappa shape index (κ2) is 22.7. The molecule has 0 heteroatoms. The molecular weight excluding hydrogens is 132 g/mol. The Kier molecular flexibility index (Phi) is 34.7. The van der Waals surface area contributed by atoms with Gasteiger partial charge in [0.15, 0.2) is 0 Å². The number of hydrogen-bond acceptors (Lipinski definition) is 0. The summed E-state index contributed by atoms with van der Waals surface area (Å²) in [6, 6.07) is 0. The van der Waals surface area contributed by atoms with E-state index in [1.54, 1.807) is 6.08 Å². The van der Waals surface area contributed by atoms with Gasteiger partial charge < -0.3 is 0 Å². The number of hydrogen-bond donors (Lipinski definition) is 0. The van der Waals surface area contributed by atoms with E-state index in [0.717, 1.165) is 0 Å².